The number of aryl methyl sites for hydroxylation is 1. The Morgan fingerprint density at radius 2 is 1.92 bits per heavy atom. The van der Waals surface area contributed by atoms with E-state index in [0.29, 0.717) is 10.7 Å². The fraction of sp³-hybridized carbons (Fsp3) is 0.222. The first-order valence-corrected chi connectivity index (χ1v) is 8.10. The summed E-state index contributed by atoms with van der Waals surface area (Å²) >= 11 is 5.91. The number of rotatable bonds is 5. The van der Waals surface area contributed by atoms with Crippen LogP contribution in [0.5, 0.6) is 0 Å². The highest BCUT2D eigenvalue weighted by Gasteiger charge is 2.23. The largest absolute Gasteiger partial charge is 0.449 e. The molecular formula is C18H17ClN2O5. The van der Waals surface area contributed by atoms with Gasteiger partial charge in [-0.25, -0.2) is 4.79 Å². The molecule has 0 fully saturated rings. The van der Waals surface area contributed by atoms with Gasteiger partial charge < -0.3 is 10.1 Å². The van der Waals surface area contributed by atoms with Gasteiger partial charge >= 0.3 is 5.97 Å². The monoisotopic (exact) mass is 376 g/mol. The van der Waals surface area contributed by atoms with Crippen molar-refractivity contribution in [1.82, 2.24) is 0 Å². The summed E-state index contributed by atoms with van der Waals surface area (Å²) in [5.74, 6) is -1.34. The molecule has 0 saturated heterocycles. The number of nitrogens with zero attached hydrogens (tertiary/aromatic N) is 1. The number of nitro benzene ring substituents is 1. The van der Waals surface area contributed by atoms with E-state index in [1.165, 1.54) is 32.0 Å². The number of anilines is 1. The lowest BCUT2D eigenvalue weighted by molar-refractivity contribution is -0.385. The Morgan fingerprint density at radius 3 is 2.58 bits per heavy atom. The topological polar surface area (TPSA) is 98.5 Å². The number of hydrogen-bond acceptors (Lipinski definition) is 5. The van der Waals surface area contributed by atoms with Gasteiger partial charge in [0, 0.05) is 22.3 Å². The molecule has 0 aliphatic heterocycles. The van der Waals surface area contributed by atoms with Crippen molar-refractivity contribution in [3.05, 3.63) is 68.2 Å². The van der Waals surface area contributed by atoms with Gasteiger partial charge in [-0.05, 0) is 44.5 Å². The highest BCUT2D eigenvalue weighted by Crippen LogP contribution is 2.23. The Kier molecular flexibility index (Phi) is 5.94. The zero-order valence-corrected chi connectivity index (χ0v) is 15.2. The number of esters is 1. The van der Waals surface area contributed by atoms with Crippen molar-refractivity contribution in [2.75, 3.05) is 5.32 Å². The molecule has 1 atom stereocenters. The summed E-state index contributed by atoms with van der Waals surface area (Å²) in [5, 5.41) is 14.1. The van der Waals surface area contributed by atoms with Crippen molar-refractivity contribution in [2.24, 2.45) is 0 Å². The van der Waals surface area contributed by atoms with E-state index < -0.39 is 22.9 Å². The van der Waals surface area contributed by atoms with E-state index in [0.717, 1.165) is 5.56 Å². The third-order valence-electron chi connectivity index (χ3n) is 3.83. The third kappa shape index (κ3) is 4.37. The molecular weight excluding hydrogens is 360 g/mol. The van der Waals surface area contributed by atoms with Crippen LogP contribution in [0.1, 0.15) is 28.4 Å². The lowest BCUT2D eigenvalue weighted by atomic mass is 10.1. The molecule has 0 aliphatic rings. The second kappa shape index (κ2) is 7.97. The second-order valence-corrected chi connectivity index (χ2v) is 6.14. The van der Waals surface area contributed by atoms with Gasteiger partial charge in [0.05, 0.1) is 10.5 Å². The molecule has 0 heterocycles. The molecule has 0 unspecified atom stereocenters. The lowest BCUT2D eigenvalue weighted by Crippen LogP contribution is -2.30. The zero-order valence-electron chi connectivity index (χ0n) is 14.4. The molecule has 1 N–H and O–H groups in total. The molecule has 0 spiro atoms. The number of nitro groups is 1. The highest BCUT2D eigenvalue weighted by atomic mass is 35.5. The molecule has 0 aliphatic carbocycles. The minimum atomic E-state index is -1.10. The van der Waals surface area contributed by atoms with E-state index in [4.69, 9.17) is 16.3 Å². The Morgan fingerprint density at radius 1 is 1.23 bits per heavy atom. The van der Waals surface area contributed by atoms with Crippen molar-refractivity contribution in [2.45, 2.75) is 26.9 Å². The predicted octanol–water partition coefficient (Wildman–Crippen LogP) is 4.05. The molecule has 136 valence electrons. The maximum absolute atomic E-state index is 12.3. The van der Waals surface area contributed by atoms with Crippen LogP contribution in [0.25, 0.3) is 0 Å². The molecule has 0 radical (unpaired) electrons. The quantitative estimate of drug-likeness (QED) is 0.482. The van der Waals surface area contributed by atoms with Crippen molar-refractivity contribution >= 4 is 34.9 Å². The summed E-state index contributed by atoms with van der Waals surface area (Å²) < 4.78 is 5.15. The lowest BCUT2D eigenvalue weighted by Gasteiger charge is -2.15. The number of carbonyl (C=O) groups excluding carboxylic acids is 2. The molecule has 26 heavy (non-hydrogen) atoms. The number of ether oxygens (including phenoxy) is 1. The van der Waals surface area contributed by atoms with Gasteiger partial charge in [0.2, 0.25) is 0 Å². The summed E-state index contributed by atoms with van der Waals surface area (Å²) in [7, 11) is 0. The number of carbonyl (C=O) groups is 2. The number of amides is 1. The van der Waals surface area contributed by atoms with Gasteiger partial charge in [0.15, 0.2) is 6.10 Å². The van der Waals surface area contributed by atoms with E-state index >= 15 is 0 Å². The van der Waals surface area contributed by atoms with Crippen LogP contribution in [0.15, 0.2) is 36.4 Å². The first-order valence-electron chi connectivity index (χ1n) is 7.72. The summed E-state index contributed by atoms with van der Waals surface area (Å²) in [6.07, 6.45) is -1.10. The van der Waals surface area contributed by atoms with E-state index in [2.05, 4.69) is 5.32 Å². The van der Waals surface area contributed by atoms with Crippen molar-refractivity contribution < 1.29 is 19.2 Å². The maximum atomic E-state index is 12.3. The standard InChI is InChI=1S/C18H17ClN2O5/c1-10-7-8-13(19)9-15(10)20-17(22)12(3)26-18(23)14-5-4-6-16(11(14)2)21(24)25/h4-9,12H,1-3H3,(H,20,22)/t12-/m1/s1. The van der Waals surface area contributed by atoms with Gasteiger partial charge in [0.1, 0.15) is 0 Å². The van der Waals surface area contributed by atoms with Crippen molar-refractivity contribution in [3.63, 3.8) is 0 Å². The molecule has 2 aromatic rings. The van der Waals surface area contributed by atoms with Crippen molar-refractivity contribution in [3.8, 4) is 0 Å². The Balaban J connectivity index is 2.12. The molecule has 2 rings (SSSR count). The van der Waals surface area contributed by atoms with E-state index in [9.17, 15) is 19.7 Å². The van der Waals surface area contributed by atoms with E-state index in [1.54, 1.807) is 25.1 Å². The fourth-order valence-corrected chi connectivity index (χ4v) is 2.46. The second-order valence-electron chi connectivity index (χ2n) is 5.70. The molecule has 1 amide bonds. The minimum absolute atomic E-state index is 0.0396. The van der Waals surface area contributed by atoms with Crippen LogP contribution < -0.4 is 5.32 Å². The zero-order chi connectivity index (χ0) is 19.4. The predicted molar refractivity (Wildman–Crippen MR) is 97.5 cm³/mol. The number of nitrogens with one attached hydrogen (secondary N) is 1. The van der Waals surface area contributed by atoms with E-state index in [-0.39, 0.29) is 16.8 Å². The SMILES string of the molecule is Cc1ccc(Cl)cc1NC(=O)[C@@H](C)OC(=O)c1cccc([N+](=O)[O-])c1C. The smallest absolute Gasteiger partial charge is 0.339 e. The van der Waals surface area contributed by atoms with Gasteiger partial charge in [-0.3, -0.25) is 14.9 Å². The molecule has 0 bridgehead atoms. The summed E-state index contributed by atoms with van der Waals surface area (Å²) in [4.78, 5) is 34.9. The summed E-state index contributed by atoms with van der Waals surface area (Å²) in [6.45, 7) is 4.67. The molecule has 8 heteroatoms. The molecule has 2 aromatic carbocycles. The third-order valence-corrected chi connectivity index (χ3v) is 4.07. The van der Waals surface area contributed by atoms with Crippen LogP contribution in [-0.4, -0.2) is 22.9 Å². The van der Waals surface area contributed by atoms with Gasteiger partial charge in [-0.2, -0.15) is 0 Å². The average molecular weight is 377 g/mol. The average Bonchev–Trinajstić information content (AvgIpc) is 2.57. The van der Waals surface area contributed by atoms with Gasteiger partial charge in [-0.1, -0.05) is 23.7 Å². The summed E-state index contributed by atoms with van der Waals surface area (Å²) in [5.41, 5.74) is 1.34. The summed E-state index contributed by atoms with van der Waals surface area (Å²) in [6, 6.07) is 9.14. The normalized spacial score (nSPS) is 11.5. The van der Waals surface area contributed by atoms with Crippen LogP contribution in [0.4, 0.5) is 11.4 Å². The van der Waals surface area contributed by atoms with E-state index in [1.807, 2.05) is 0 Å². The fourth-order valence-electron chi connectivity index (χ4n) is 2.28. The number of halogens is 1. The van der Waals surface area contributed by atoms with Crippen LogP contribution in [0.3, 0.4) is 0 Å². The first kappa shape index (κ1) is 19.4. The Labute approximate surface area is 155 Å². The Hall–Kier alpha value is -2.93. The van der Waals surface area contributed by atoms with Crippen LogP contribution in [-0.2, 0) is 9.53 Å². The van der Waals surface area contributed by atoms with Crippen molar-refractivity contribution in [1.29, 1.82) is 0 Å². The number of hydrogen-bond donors (Lipinski definition) is 1. The van der Waals surface area contributed by atoms with Crippen LogP contribution in [0.2, 0.25) is 5.02 Å². The first-order chi connectivity index (χ1) is 12.2. The minimum Gasteiger partial charge on any atom is -0.449 e. The highest BCUT2D eigenvalue weighted by molar-refractivity contribution is 6.31. The number of benzene rings is 2. The van der Waals surface area contributed by atoms with Crippen LogP contribution in [0, 0.1) is 24.0 Å². The molecule has 0 saturated carbocycles. The van der Waals surface area contributed by atoms with Gasteiger partial charge in [0.25, 0.3) is 11.6 Å². The van der Waals surface area contributed by atoms with Crippen LogP contribution >= 0.6 is 11.6 Å². The molecule has 0 aromatic heterocycles. The maximum Gasteiger partial charge on any atom is 0.339 e. The van der Waals surface area contributed by atoms with Gasteiger partial charge in [-0.15, -0.1) is 0 Å². The molecule has 7 nitrogen and oxygen atoms in total. The Bertz CT molecular complexity index is 882.